The lowest BCUT2D eigenvalue weighted by Gasteiger charge is -2.34. The summed E-state index contributed by atoms with van der Waals surface area (Å²) in [5, 5.41) is 7.09. The second kappa shape index (κ2) is 7.23. The van der Waals surface area contributed by atoms with Crippen LogP contribution in [0.2, 0.25) is 0 Å². The van der Waals surface area contributed by atoms with Crippen molar-refractivity contribution in [2.24, 2.45) is 0 Å². The number of likely N-dealkylation sites (tertiary alicyclic amines) is 1. The Morgan fingerprint density at radius 2 is 2.08 bits per heavy atom. The number of morpholine rings is 1. The fourth-order valence-electron chi connectivity index (χ4n) is 3.67. The zero-order valence-corrected chi connectivity index (χ0v) is 14.2. The van der Waals surface area contributed by atoms with E-state index in [1.165, 1.54) is 0 Å². The summed E-state index contributed by atoms with van der Waals surface area (Å²) in [5.74, 6) is 1.17. The molecule has 2 fully saturated rings. The summed E-state index contributed by atoms with van der Waals surface area (Å²) in [7, 11) is 0. The Balaban J connectivity index is 1.54. The number of nitrogens with one attached hydrogen (secondary N) is 1. The first-order chi connectivity index (χ1) is 12.3. The van der Waals surface area contributed by atoms with Crippen LogP contribution in [0, 0.1) is 0 Å². The average molecular weight is 341 g/mol. The highest BCUT2D eigenvalue weighted by atomic mass is 16.5. The van der Waals surface area contributed by atoms with Crippen LogP contribution in [-0.2, 0) is 4.74 Å². The van der Waals surface area contributed by atoms with E-state index >= 15 is 0 Å². The van der Waals surface area contributed by atoms with Crippen LogP contribution in [0.1, 0.15) is 34.8 Å². The standard InChI is InChI=1S/C18H23N5O2/c24-18(23-8-2-3-14(13-23)16-5-7-20-21-16)15-4-1-6-19-17(15)22-9-11-25-12-10-22/h1,4-7,14H,2-3,8-13H2,(H,20,21). The van der Waals surface area contributed by atoms with E-state index in [-0.39, 0.29) is 5.91 Å². The predicted octanol–water partition coefficient (Wildman–Crippen LogP) is 1.66. The zero-order valence-electron chi connectivity index (χ0n) is 14.2. The van der Waals surface area contributed by atoms with Gasteiger partial charge in [-0.25, -0.2) is 4.98 Å². The SMILES string of the molecule is O=C(c1cccnc1N1CCOCC1)N1CCCC(c2ccn[nH]2)C1. The lowest BCUT2D eigenvalue weighted by atomic mass is 9.94. The van der Waals surface area contributed by atoms with Crippen molar-refractivity contribution < 1.29 is 9.53 Å². The van der Waals surface area contributed by atoms with Gasteiger partial charge in [0.2, 0.25) is 0 Å². The topological polar surface area (TPSA) is 74.4 Å². The molecular formula is C18H23N5O2. The number of anilines is 1. The highest BCUT2D eigenvalue weighted by Crippen LogP contribution is 2.28. The minimum absolute atomic E-state index is 0.0683. The minimum atomic E-state index is 0.0683. The van der Waals surface area contributed by atoms with Gasteiger partial charge in [-0.1, -0.05) is 0 Å². The van der Waals surface area contributed by atoms with Crippen LogP contribution in [-0.4, -0.2) is 65.4 Å². The van der Waals surface area contributed by atoms with Crippen LogP contribution >= 0.6 is 0 Å². The van der Waals surface area contributed by atoms with Gasteiger partial charge in [0.15, 0.2) is 0 Å². The first-order valence-corrected chi connectivity index (χ1v) is 8.89. The third kappa shape index (κ3) is 3.37. The van der Waals surface area contributed by atoms with Crippen molar-refractivity contribution in [1.82, 2.24) is 20.1 Å². The van der Waals surface area contributed by atoms with Crippen LogP contribution in [0.3, 0.4) is 0 Å². The van der Waals surface area contributed by atoms with E-state index in [2.05, 4.69) is 20.1 Å². The molecule has 0 saturated carbocycles. The maximum atomic E-state index is 13.2. The van der Waals surface area contributed by atoms with E-state index in [0.29, 0.717) is 24.7 Å². The van der Waals surface area contributed by atoms with E-state index in [9.17, 15) is 4.79 Å². The largest absolute Gasteiger partial charge is 0.378 e. The van der Waals surface area contributed by atoms with Crippen LogP contribution < -0.4 is 4.90 Å². The van der Waals surface area contributed by atoms with Gasteiger partial charge in [-0.15, -0.1) is 0 Å². The molecule has 7 nitrogen and oxygen atoms in total. The molecule has 0 aromatic carbocycles. The number of carbonyl (C=O) groups excluding carboxylic acids is 1. The Bertz CT molecular complexity index is 712. The Kier molecular flexibility index (Phi) is 4.65. The number of hydrogen-bond acceptors (Lipinski definition) is 5. The lowest BCUT2D eigenvalue weighted by molar-refractivity contribution is 0.0705. The molecule has 1 N–H and O–H groups in total. The van der Waals surface area contributed by atoms with Gasteiger partial charge in [0.1, 0.15) is 5.82 Å². The van der Waals surface area contributed by atoms with Crippen molar-refractivity contribution in [3.63, 3.8) is 0 Å². The molecule has 2 saturated heterocycles. The lowest BCUT2D eigenvalue weighted by Crippen LogP contribution is -2.41. The first-order valence-electron chi connectivity index (χ1n) is 8.89. The molecule has 1 atom stereocenters. The summed E-state index contributed by atoms with van der Waals surface area (Å²) in [4.78, 5) is 21.8. The molecule has 2 aliphatic heterocycles. The molecule has 0 spiro atoms. The molecule has 0 radical (unpaired) electrons. The number of aromatic nitrogens is 3. The molecule has 2 aliphatic rings. The van der Waals surface area contributed by atoms with E-state index in [1.807, 2.05) is 23.1 Å². The molecular weight excluding hydrogens is 318 g/mol. The quantitative estimate of drug-likeness (QED) is 0.919. The highest BCUT2D eigenvalue weighted by Gasteiger charge is 2.29. The Morgan fingerprint density at radius 3 is 2.88 bits per heavy atom. The molecule has 7 heteroatoms. The number of amides is 1. The summed E-state index contributed by atoms with van der Waals surface area (Å²) in [5.41, 5.74) is 1.80. The normalized spacial score (nSPS) is 21.4. The summed E-state index contributed by atoms with van der Waals surface area (Å²) in [6.45, 7) is 4.41. The van der Waals surface area contributed by atoms with Crippen LogP contribution in [0.15, 0.2) is 30.6 Å². The second-order valence-corrected chi connectivity index (χ2v) is 6.58. The van der Waals surface area contributed by atoms with Gasteiger partial charge in [0.05, 0.1) is 18.8 Å². The number of rotatable bonds is 3. The summed E-state index contributed by atoms with van der Waals surface area (Å²) < 4.78 is 5.42. The van der Waals surface area contributed by atoms with Gasteiger partial charge in [0.25, 0.3) is 5.91 Å². The number of aromatic amines is 1. The van der Waals surface area contributed by atoms with E-state index in [1.54, 1.807) is 12.4 Å². The van der Waals surface area contributed by atoms with Gasteiger partial charge in [0, 0.05) is 50.2 Å². The molecule has 0 aliphatic carbocycles. The molecule has 0 bridgehead atoms. The Morgan fingerprint density at radius 1 is 1.20 bits per heavy atom. The van der Waals surface area contributed by atoms with Gasteiger partial charge in [-0.3, -0.25) is 9.89 Å². The third-order valence-electron chi connectivity index (χ3n) is 5.00. The summed E-state index contributed by atoms with van der Waals surface area (Å²) in [6, 6.07) is 5.73. The monoisotopic (exact) mass is 341 g/mol. The predicted molar refractivity (Wildman–Crippen MR) is 93.7 cm³/mol. The van der Waals surface area contributed by atoms with Crippen LogP contribution in [0.25, 0.3) is 0 Å². The number of ether oxygens (including phenoxy) is 1. The van der Waals surface area contributed by atoms with Crippen molar-refractivity contribution in [3.05, 3.63) is 41.9 Å². The van der Waals surface area contributed by atoms with Gasteiger partial charge >= 0.3 is 0 Å². The Labute approximate surface area is 147 Å². The fourth-order valence-corrected chi connectivity index (χ4v) is 3.67. The molecule has 4 heterocycles. The van der Waals surface area contributed by atoms with Crippen LogP contribution in [0.4, 0.5) is 5.82 Å². The summed E-state index contributed by atoms with van der Waals surface area (Å²) >= 11 is 0. The maximum absolute atomic E-state index is 13.2. The van der Waals surface area contributed by atoms with Crippen molar-refractivity contribution in [3.8, 4) is 0 Å². The fraction of sp³-hybridized carbons (Fsp3) is 0.500. The Hall–Kier alpha value is -2.41. The maximum Gasteiger partial charge on any atom is 0.257 e. The third-order valence-corrected chi connectivity index (χ3v) is 5.00. The molecule has 4 rings (SSSR count). The smallest absolute Gasteiger partial charge is 0.257 e. The summed E-state index contributed by atoms with van der Waals surface area (Å²) in [6.07, 6.45) is 5.61. The van der Waals surface area contributed by atoms with Crippen molar-refractivity contribution in [2.75, 3.05) is 44.3 Å². The molecule has 1 unspecified atom stereocenters. The van der Waals surface area contributed by atoms with Crippen LogP contribution in [0.5, 0.6) is 0 Å². The number of H-pyrrole nitrogens is 1. The van der Waals surface area contributed by atoms with Crippen molar-refractivity contribution in [1.29, 1.82) is 0 Å². The van der Waals surface area contributed by atoms with E-state index < -0.39 is 0 Å². The van der Waals surface area contributed by atoms with Crippen molar-refractivity contribution >= 4 is 11.7 Å². The first kappa shape index (κ1) is 16.1. The molecule has 25 heavy (non-hydrogen) atoms. The number of pyridine rings is 1. The highest BCUT2D eigenvalue weighted by molar-refractivity contribution is 5.99. The number of nitrogens with zero attached hydrogens (tertiary/aromatic N) is 4. The second-order valence-electron chi connectivity index (χ2n) is 6.58. The zero-order chi connectivity index (χ0) is 17.1. The van der Waals surface area contributed by atoms with Gasteiger partial charge in [-0.2, -0.15) is 5.10 Å². The van der Waals surface area contributed by atoms with Gasteiger partial charge < -0.3 is 14.5 Å². The average Bonchev–Trinajstić information content (AvgIpc) is 3.23. The molecule has 132 valence electrons. The van der Waals surface area contributed by atoms with E-state index in [4.69, 9.17) is 4.74 Å². The number of hydrogen-bond donors (Lipinski definition) is 1. The minimum Gasteiger partial charge on any atom is -0.378 e. The molecule has 1 amide bonds. The molecule has 2 aromatic heterocycles. The van der Waals surface area contributed by atoms with E-state index in [0.717, 1.165) is 50.5 Å². The number of piperidine rings is 1. The number of carbonyl (C=O) groups is 1. The molecule has 2 aromatic rings. The van der Waals surface area contributed by atoms with Gasteiger partial charge in [-0.05, 0) is 31.0 Å². The van der Waals surface area contributed by atoms with Crippen molar-refractivity contribution in [2.45, 2.75) is 18.8 Å².